The molecule has 0 bridgehead atoms. The van der Waals surface area contributed by atoms with Gasteiger partial charge in [0.25, 0.3) is 0 Å². The van der Waals surface area contributed by atoms with Crippen LogP contribution >= 0.6 is 0 Å². The highest BCUT2D eigenvalue weighted by molar-refractivity contribution is 5.40. The van der Waals surface area contributed by atoms with Gasteiger partial charge in [0, 0.05) is 24.9 Å². The molecule has 0 aliphatic carbocycles. The molecule has 0 aromatic heterocycles. The number of ether oxygens (including phenoxy) is 1. The molecule has 0 amide bonds. The first-order valence-electron chi connectivity index (χ1n) is 11.8. The van der Waals surface area contributed by atoms with Gasteiger partial charge < -0.3 is 4.74 Å². The molecule has 2 nitrogen and oxygen atoms in total. The van der Waals surface area contributed by atoms with Crippen molar-refractivity contribution in [3.63, 3.8) is 0 Å². The third-order valence-electron chi connectivity index (χ3n) is 6.24. The van der Waals surface area contributed by atoms with Crippen molar-refractivity contribution in [2.24, 2.45) is 5.92 Å². The van der Waals surface area contributed by atoms with E-state index >= 15 is 0 Å². The number of hydrogen-bond donors (Lipinski definition) is 0. The Hall–Kier alpha value is -2.32. The van der Waals surface area contributed by atoms with Crippen LogP contribution in [0.1, 0.15) is 57.2 Å². The minimum atomic E-state index is 0.112. The molecule has 1 atom stereocenters. The van der Waals surface area contributed by atoms with Gasteiger partial charge in [-0.05, 0) is 55.0 Å². The average molecular weight is 418 g/mol. The van der Waals surface area contributed by atoms with Crippen LogP contribution in [0.25, 0.3) is 0 Å². The average Bonchev–Trinajstić information content (AvgIpc) is 3.23. The van der Waals surface area contributed by atoms with Gasteiger partial charge in [0.15, 0.2) is 0 Å². The summed E-state index contributed by atoms with van der Waals surface area (Å²) in [5.41, 5.74) is 4.24. The Kier molecular flexibility index (Phi) is 8.54. The van der Waals surface area contributed by atoms with E-state index in [9.17, 15) is 0 Å². The van der Waals surface area contributed by atoms with E-state index in [2.05, 4.69) is 92.4 Å². The SMILES string of the molecule is C/C=C\C=C/C(C)(C)c1ccccc1.CC1CCCN(Cc2ccc3c(c2)OCC3)C1. The lowest BCUT2D eigenvalue weighted by atomic mass is 9.84. The molecule has 2 aromatic carbocycles. The quantitative estimate of drug-likeness (QED) is 0.488. The van der Waals surface area contributed by atoms with Crippen LogP contribution in [-0.4, -0.2) is 24.6 Å². The van der Waals surface area contributed by atoms with Crippen molar-refractivity contribution in [1.82, 2.24) is 4.90 Å². The Bertz CT molecular complexity index is 866. The molecule has 2 aromatic rings. The maximum absolute atomic E-state index is 5.63. The van der Waals surface area contributed by atoms with Gasteiger partial charge in [-0.25, -0.2) is 0 Å². The Balaban J connectivity index is 0.000000180. The summed E-state index contributed by atoms with van der Waals surface area (Å²) < 4.78 is 5.63. The molecule has 31 heavy (non-hydrogen) atoms. The number of likely N-dealkylation sites (tertiary alicyclic amines) is 1. The summed E-state index contributed by atoms with van der Waals surface area (Å²) in [6, 6.07) is 17.3. The number of fused-ring (bicyclic) bond motifs is 1. The molecule has 0 spiro atoms. The minimum Gasteiger partial charge on any atom is -0.493 e. The summed E-state index contributed by atoms with van der Waals surface area (Å²) in [5.74, 6) is 1.97. The number of allylic oxidation sites excluding steroid dienone is 4. The number of hydrogen-bond acceptors (Lipinski definition) is 2. The van der Waals surface area contributed by atoms with Gasteiger partial charge in [-0.2, -0.15) is 0 Å². The second-order valence-corrected chi connectivity index (χ2v) is 9.50. The predicted molar refractivity (Wildman–Crippen MR) is 133 cm³/mol. The largest absolute Gasteiger partial charge is 0.493 e. The van der Waals surface area contributed by atoms with E-state index in [1.165, 1.54) is 42.6 Å². The molecule has 2 aliphatic heterocycles. The molecule has 1 unspecified atom stereocenters. The molecule has 2 heteroatoms. The molecule has 4 rings (SSSR count). The molecule has 1 saturated heterocycles. The topological polar surface area (TPSA) is 12.5 Å². The first-order valence-corrected chi connectivity index (χ1v) is 11.8. The predicted octanol–water partition coefficient (Wildman–Crippen LogP) is 6.95. The standard InChI is InChI=1S/C15H21NO.C14H18/c1-12-3-2-7-16(10-12)11-13-4-5-14-6-8-17-15(14)9-13;1-4-5-9-12-14(2,3)13-10-7-6-8-11-13/h4-5,9,12H,2-3,6-8,10-11H2,1H3;4-12H,1-3H3/b;5-4-,12-9-. The smallest absolute Gasteiger partial charge is 0.122 e. The van der Waals surface area contributed by atoms with Crippen LogP contribution in [0.15, 0.2) is 72.8 Å². The summed E-state index contributed by atoms with van der Waals surface area (Å²) in [6.07, 6.45) is 12.3. The molecule has 2 aliphatic rings. The third-order valence-corrected chi connectivity index (χ3v) is 6.24. The van der Waals surface area contributed by atoms with Crippen molar-refractivity contribution in [2.45, 2.75) is 58.9 Å². The van der Waals surface area contributed by atoms with E-state index in [1.807, 2.05) is 13.0 Å². The van der Waals surface area contributed by atoms with Crippen molar-refractivity contribution >= 4 is 0 Å². The second-order valence-electron chi connectivity index (χ2n) is 9.50. The zero-order valence-corrected chi connectivity index (χ0v) is 19.8. The summed E-state index contributed by atoms with van der Waals surface area (Å²) in [7, 11) is 0. The van der Waals surface area contributed by atoms with Crippen molar-refractivity contribution < 1.29 is 4.74 Å². The van der Waals surface area contributed by atoms with Gasteiger partial charge in [-0.15, -0.1) is 0 Å². The molecule has 0 radical (unpaired) electrons. The summed E-state index contributed by atoms with van der Waals surface area (Å²) in [4.78, 5) is 2.57. The minimum absolute atomic E-state index is 0.112. The molecule has 1 fully saturated rings. The molecule has 0 N–H and O–H groups in total. The van der Waals surface area contributed by atoms with Crippen LogP contribution in [0, 0.1) is 5.92 Å². The Morgan fingerprint density at radius 2 is 1.90 bits per heavy atom. The van der Waals surface area contributed by atoms with Crippen molar-refractivity contribution in [3.05, 3.63) is 89.5 Å². The van der Waals surface area contributed by atoms with Crippen LogP contribution in [0.4, 0.5) is 0 Å². The highest BCUT2D eigenvalue weighted by Crippen LogP contribution is 2.27. The van der Waals surface area contributed by atoms with E-state index in [-0.39, 0.29) is 5.41 Å². The van der Waals surface area contributed by atoms with E-state index in [4.69, 9.17) is 4.74 Å². The Morgan fingerprint density at radius 1 is 1.10 bits per heavy atom. The van der Waals surface area contributed by atoms with Crippen LogP contribution < -0.4 is 4.74 Å². The maximum atomic E-state index is 5.63. The zero-order chi connectivity index (χ0) is 22.1. The van der Waals surface area contributed by atoms with Gasteiger partial charge in [0.2, 0.25) is 0 Å². The number of piperidine rings is 1. The molecular formula is C29H39NO. The van der Waals surface area contributed by atoms with Crippen LogP contribution in [0.2, 0.25) is 0 Å². The van der Waals surface area contributed by atoms with Gasteiger partial charge in [-0.3, -0.25) is 4.90 Å². The van der Waals surface area contributed by atoms with Gasteiger partial charge >= 0.3 is 0 Å². The Labute approximate surface area is 189 Å². The Morgan fingerprint density at radius 3 is 2.65 bits per heavy atom. The lowest BCUT2D eigenvalue weighted by Gasteiger charge is -2.30. The normalized spacial score (nSPS) is 19.2. The van der Waals surface area contributed by atoms with Crippen LogP contribution in [0.3, 0.4) is 0 Å². The van der Waals surface area contributed by atoms with Crippen molar-refractivity contribution in [3.8, 4) is 5.75 Å². The van der Waals surface area contributed by atoms with Crippen molar-refractivity contribution in [2.75, 3.05) is 19.7 Å². The monoisotopic (exact) mass is 417 g/mol. The maximum Gasteiger partial charge on any atom is 0.122 e. The summed E-state index contributed by atoms with van der Waals surface area (Å²) >= 11 is 0. The van der Waals surface area contributed by atoms with Crippen LogP contribution in [-0.2, 0) is 18.4 Å². The van der Waals surface area contributed by atoms with Gasteiger partial charge in [-0.1, -0.05) is 87.5 Å². The third kappa shape index (κ3) is 7.11. The number of benzene rings is 2. The second kappa shape index (κ2) is 11.3. The van der Waals surface area contributed by atoms with E-state index in [1.54, 1.807) is 0 Å². The molecule has 166 valence electrons. The number of nitrogens with zero attached hydrogens (tertiary/aromatic N) is 1. The summed E-state index contributed by atoms with van der Waals surface area (Å²) in [5, 5.41) is 0. The van der Waals surface area contributed by atoms with Gasteiger partial charge in [0.05, 0.1) is 6.61 Å². The highest BCUT2D eigenvalue weighted by atomic mass is 16.5. The lowest BCUT2D eigenvalue weighted by molar-refractivity contribution is 0.176. The number of rotatable bonds is 5. The van der Waals surface area contributed by atoms with E-state index in [0.29, 0.717) is 0 Å². The molecule has 2 heterocycles. The first kappa shape index (κ1) is 23.3. The van der Waals surface area contributed by atoms with E-state index in [0.717, 1.165) is 31.2 Å². The lowest BCUT2D eigenvalue weighted by Crippen LogP contribution is -2.33. The summed E-state index contributed by atoms with van der Waals surface area (Å²) in [6.45, 7) is 13.3. The highest BCUT2D eigenvalue weighted by Gasteiger charge is 2.18. The zero-order valence-electron chi connectivity index (χ0n) is 19.8. The van der Waals surface area contributed by atoms with Crippen LogP contribution in [0.5, 0.6) is 5.75 Å². The van der Waals surface area contributed by atoms with Crippen molar-refractivity contribution in [1.29, 1.82) is 0 Å². The molecule has 0 saturated carbocycles. The first-order chi connectivity index (χ1) is 15.0. The fraction of sp³-hybridized carbons (Fsp3) is 0.448. The molecular weight excluding hydrogens is 378 g/mol. The van der Waals surface area contributed by atoms with Gasteiger partial charge in [0.1, 0.15) is 5.75 Å². The fourth-order valence-electron chi connectivity index (χ4n) is 4.37. The van der Waals surface area contributed by atoms with E-state index < -0.39 is 0 Å². The fourth-order valence-corrected chi connectivity index (χ4v) is 4.37.